The maximum Gasteiger partial charge on any atom is 0.261 e. The molecule has 0 fully saturated rings. The molecule has 0 aliphatic heterocycles. The lowest BCUT2D eigenvalue weighted by Crippen LogP contribution is -2.21. The molecule has 1 N–H and O–H groups in total. The van der Waals surface area contributed by atoms with Crippen molar-refractivity contribution < 1.29 is 17.2 Å². The Labute approximate surface area is 168 Å². The minimum Gasteiger partial charge on any atom is -0.314 e. The van der Waals surface area contributed by atoms with Gasteiger partial charge in [0.25, 0.3) is 10.0 Å². The highest BCUT2D eigenvalue weighted by Gasteiger charge is 2.32. The number of rotatable bonds is 5. The van der Waals surface area contributed by atoms with Gasteiger partial charge in [-0.1, -0.05) is 39.0 Å². The summed E-state index contributed by atoms with van der Waals surface area (Å²) in [5.74, 6) is -1.94. The van der Waals surface area contributed by atoms with E-state index in [9.17, 15) is 17.2 Å². The molecule has 0 saturated carbocycles. The van der Waals surface area contributed by atoms with Gasteiger partial charge in [-0.05, 0) is 24.5 Å². The summed E-state index contributed by atoms with van der Waals surface area (Å²) in [6.45, 7) is 7.47. The fraction of sp³-hybridized carbons (Fsp3) is 0.300. The van der Waals surface area contributed by atoms with Crippen molar-refractivity contribution in [2.45, 2.75) is 44.6 Å². The first-order valence-electron chi connectivity index (χ1n) is 9.04. The van der Waals surface area contributed by atoms with Crippen molar-refractivity contribution in [2.75, 3.05) is 4.72 Å². The number of anilines is 1. The highest BCUT2D eigenvalue weighted by Crippen LogP contribution is 2.41. The molecule has 0 bridgehead atoms. The number of nitrogens with one attached hydrogen (secondary N) is 1. The summed E-state index contributed by atoms with van der Waals surface area (Å²) in [6, 6.07) is 8.52. The summed E-state index contributed by atoms with van der Waals surface area (Å²) in [7, 11) is -4.03. The maximum absolute atomic E-state index is 14.9. The quantitative estimate of drug-likeness (QED) is 0.666. The van der Waals surface area contributed by atoms with E-state index in [0.717, 1.165) is 6.07 Å². The highest BCUT2D eigenvalue weighted by atomic mass is 32.2. The van der Waals surface area contributed by atoms with Crippen molar-refractivity contribution in [1.82, 2.24) is 14.8 Å². The number of nitrogens with zero attached hydrogens (tertiary/aromatic N) is 3. The highest BCUT2D eigenvalue weighted by molar-refractivity contribution is 7.92. The van der Waals surface area contributed by atoms with E-state index in [2.05, 4.69) is 14.9 Å². The van der Waals surface area contributed by atoms with Crippen molar-refractivity contribution in [3.63, 3.8) is 0 Å². The van der Waals surface area contributed by atoms with E-state index in [4.69, 9.17) is 0 Å². The summed E-state index contributed by atoms with van der Waals surface area (Å²) < 4.78 is 59.2. The van der Waals surface area contributed by atoms with Crippen LogP contribution in [0.3, 0.4) is 0 Å². The summed E-state index contributed by atoms with van der Waals surface area (Å²) in [4.78, 5) is 0.00458. The van der Waals surface area contributed by atoms with Gasteiger partial charge in [0.15, 0.2) is 17.5 Å². The van der Waals surface area contributed by atoms with E-state index >= 15 is 0 Å². The number of benzene rings is 2. The second-order valence-electron chi connectivity index (χ2n) is 7.58. The van der Waals surface area contributed by atoms with E-state index < -0.39 is 27.1 Å². The van der Waals surface area contributed by atoms with E-state index in [1.165, 1.54) is 18.5 Å². The Kier molecular flexibility index (Phi) is 5.44. The molecular formula is C20H22F2N4O2S. The summed E-state index contributed by atoms with van der Waals surface area (Å²) >= 11 is 0. The molecule has 6 nitrogen and oxygen atoms in total. The second-order valence-corrected chi connectivity index (χ2v) is 9.26. The van der Waals surface area contributed by atoms with Gasteiger partial charge >= 0.3 is 0 Å². The molecule has 0 amide bonds. The molecule has 0 atom stereocenters. The Morgan fingerprint density at radius 2 is 1.79 bits per heavy atom. The van der Waals surface area contributed by atoms with E-state index in [-0.39, 0.29) is 27.5 Å². The number of hydrogen-bond acceptors (Lipinski definition) is 4. The second kappa shape index (κ2) is 7.55. The van der Waals surface area contributed by atoms with Crippen LogP contribution in [0.4, 0.5) is 14.5 Å². The first kappa shape index (κ1) is 20.9. The zero-order chi connectivity index (χ0) is 21.4. The molecule has 1 heterocycles. The van der Waals surface area contributed by atoms with Crippen molar-refractivity contribution >= 4 is 15.7 Å². The van der Waals surface area contributed by atoms with Gasteiger partial charge in [-0.2, -0.15) is 0 Å². The van der Waals surface area contributed by atoms with Crippen molar-refractivity contribution in [2.24, 2.45) is 0 Å². The van der Waals surface area contributed by atoms with Gasteiger partial charge in [-0.15, -0.1) is 10.2 Å². The SMILES string of the molecule is CCn1cnnc1-c1c(NS(=O)(=O)c2ccccc2)cc(F)c(F)c1C(C)(C)C. The van der Waals surface area contributed by atoms with Crippen LogP contribution < -0.4 is 4.72 Å². The first-order chi connectivity index (χ1) is 13.6. The first-order valence-corrected chi connectivity index (χ1v) is 10.5. The minimum absolute atomic E-state index is 0.00458. The Balaban J connectivity index is 2.31. The zero-order valence-corrected chi connectivity index (χ0v) is 17.4. The summed E-state index contributed by atoms with van der Waals surface area (Å²) in [5, 5.41) is 7.91. The molecule has 3 rings (SSSR count). The van der Waals surface area contributed by atoms with E-state index in [1.807, 2.05) is 6.92 Å². The normalized spacial score (nSPS) is 12.2. The molecule has 3 aromatic rings. The van der Waals surface area contributed by atoms with Crippen LogP contribution in [0.2, 0.25) is 0 Å². The predicted octanol–water partition coefficient (Wildman–Crippen LogP) is 4.34. The van der Waals surface area contributed by atoms with Crippen molar-refractivity contribution in [1.29, 1.82) is 0 Å². The Bertz CT molecular complexity index is 1140. The fourth-order valence-corrected chi connectivity index (χ4v) is 4.21. The molecule has 9 heteroatoms. The average Bonchev–Trinajstić information content (AvgIpc) is 3.12. The molecule has 2 aromatic carbocycles. The van der Waals surface area contributed by atoms with Crippen LogP contribution in [0.25, 0.3) is 11.4 Å². The van der Waals surface area contributed by atoms with Gasteiger partial charge in [0, 0.05) is 18.2 Å². The van der Waals surface area contributed by atoms with Crippen LogP contribution in [0, 0.1) is 11.6 Å². The predicted molar refractivity (Wildman–Crippen MR) is 107 cm³/mol. The molecule has 154 valence electrons. The number of aryl methyl sites for hydroxylation is 1. The van der Waals surface area contributed by atoms with Crippen LogP contribution in [0.5, 0.6) is 0 Å². The van der Waals surface area contributed by atoms with E-state index in [1.54, 1.807) is 43.5 Å². The topological polar surface area (TPSA) is 76.9 Å². The molecule has 1 aromatic heterocycles. The summed E-state index contributed by atoms with van der Waals surface area (Å²) in [6.07, 6.45) is 1.46. The standard InChI is InChI=1S/C20H22F2N4O2S/c1-5-26-12-23-24-19(26)16-15(11-14(21)18(22)17(16)20(2,3)4)25-29(27,28)13-9-7-6-8-10-13/h6-12,25H,5H2,1-4H3. The molecular weight excluding hydrogens is 398 g/mol. The molecule has 0 spiro atoms. The third kappa shape index (κ3) is 4.00. The van der Waals surface area contributed by atoms with Gasteiger partial charge in [-0.25, -0.2) is 17.2 Å². The largest absolute Gasteiger partial charge is 0.314 e. The number of aromatic nitrogens is 3. The Morgan fingerprint density at radius 3 is 2.38 bits per heavy atom. The molecule has 29 heavy (non-hydrogen) atoms. The van der Waals surface area contributed by atoms with Gasteiger partial charge in [0.1, 0.15) is 6.33 Å². The summed E-state index contributed by atoms with van der Waals surface area (Å²) in [5.41, 5.74) is -0.750. The van der Waals surface area contributed by atoms with Crippen LogP contribution in [0.15, 0.2) is 47.6 Å². The van der Waals surface area contributed by atoms with Gasteiger partial charge in [0.2, 0.25) is 0 Å². The van der Waals surface area contributed by atoms with Crippen molar-refractivity contribution in [3.05, 3.63) is 59.9 Å². The zero-order valence-electron chi connectivity index (χ0n) is 16.6. The molecule has 0 aliphatic rings. The van der Waals surface area contributed by atoms with Gasteiger partial charge < -0.3 is 4.57 Å². The van der Waals surface area contributed by atoms with Crippen LogP contribution in [0.1, 0.15) is 33.3 Å². The van der Waals surface area contributed by atoms with Gasteiger partial charge in [0.05, 0.1) is 16.1 Å². The molecule has 0 radical (unpaired) electrons. The third-order valence-electron chi connectivity index (χ3n) is 4.45. The van der Waals surface area contributed by atoms with Crippen LogP contribution in [-0.4, -0.2) is 23.2 Å². The third-order valence-corrected chi connectivity index (χ3v) is 5.83. The van der Waals surface area contributed by atoms with Crippen LogP contribution in [-0.2, 0) is 22.0 Å². The fourth-order valence-electron chi connectivity index (χ4n) is 3.13. The lowest BCUT2D eigenvalue weighted by atomic mass is 9.82. The number of hydrogen-bond donors (Lipinski definition) is 1. The van der Waals surface area contributed by atoms with E-state index in [0.29, 0.717) is 6.54 Å². The lowest BCUT2D eigenvalue weighted by molar-refractivity contribution is 0.466. The molecule has 0 unspecified atom stereocenters. The van der Waals surface area contributed by atoms with Crippen molar-refractivity contribution in [3.8, 4) is 11.4 Å². The minimum atomic E-state index is -4.03. The molecule has 0 aliphatic carbocycles. The maximum atomic E-state index is 14.9. The lowest BCUT2D eigenvalue weighted by Gasteiger charge is -2.26. The van der Waals surface area contributed by atoms with Gasteiger partial charge in [-0.3, -0.25) is 4.72 Å². The molecule has 0 saturated heterocycles. The Morgan fingerprint density at radius 1 is 1.14 bits per heavy atom. The number of sulfonamides is 1. The number of halogens is 2. The smallest absolute Gasteiger partial charge is 0.261 e. The Hall–Kier alpha value is -2.81. The average molecular weight is 420 g/mol. The monoisotopic (exact) mass is 420 g/mol. The van der Waals surface area contributed by atoms with Crippen LogP contribution >= 0.6 is 0 Å².